The van der Waals surface area contributed by atoms with Gasteiger partial charge in [0.15, 0.2) is 0 Å². The van der Waals surface area contributed by atoms with E-state index in [-0.39, 0.29) is 0 Å². The summed E-state index contributed by atoms with van der Waals surface area (Å²) < 4.78 is 0. The lowest BCUT2D eigenvalue weighted by Crippen LogP contribution is -2.23. The van der Waals surface area contributed by atoms with Crippen LogP contribution in [0.25, 0.3) is 0 Å². The average molecular weight is 295 g/mol. The first kappa shape index (κ1) is 13.4. The molecule has 1 N–H and O–H groups in total. The van der Waals surface area contributed by atoms with Gasteiger partial charge < -0.3 is 5.32 Å². The molecule has 3 atom stereocenters. The van der Waals surface area contributed by atoms with Gasteiger partial charge in [0, 0.05) is 16.7 Å². The maximum Gasteiger partial charge on any atom is 0.0352 e. The topological polar surface area (TPSA) is 12.0 Å². The van der Waals surface area contributed by atoms with Gasteiger partial charge in [0.05, 0.1) is 0 Å². The molecule has 0 radical (unpaired) electrons. The third-order valence-corrected chi connectivity index (χ3v) is 6.29. The summed E-state index contributed by atoms with van der Waals surface area (Å²) >= 11 is 2.03. The van der Waals surface area contributed by atoms with Crippen LogP contribution >= 0.6 is 11.8 Å². The Hall–Kier alpha value is -1.25. The Kier molecular flexibility index (Phi) is 3.52. The van der Waals surface area contributed by atoms with Gasteiger partial charge in [0.25, 0.3) is 0 Å². The predicted octanol–water partition coefficient (Wildman–Crippen LogP) is 4.40. The standard InChI is InChI=1S/C19H21NS/c1-20-19-14(10-13-6-2-3-8-17(13)19)11-15-12-21-18-9-5-4-7-16(15)18/h2-9,14-15,19-20H,10-12H2,1H3. The molecule has 3 unspecified atom stereocenters. The zero-order chi connectivity index (χ0) is 14.2. The van der Waals surface area contributed by atoms with Gasteiger partial charge in [-0.05, 0) is 54.5 Å². The second kappa shape index (κ2) is 5.51. The Balaban J connectivity index is 1.57. The second-order valence-corrected chi connectivity index (χ2v) is 7.27. The van der Waals surface area contributed by atoms with Crippen LogP contribution in [0, 0.1) is 5.92 Å². The Labute approximate surface area is 131 Å². The number of thioether (sulfide) groups is 1. The van der Waals surface area contributed by atoms with Crippen molar-refractivity contribution in [2.45, 2.75) is 29.7 Å². The van der Waals surface area contributed by atoms with E-state index >= 15 is 0 Å². The monoisotopic (exact) mass is 295 g/mol. The van der Waals surface area contributed by atoms with E-state index in [2.05, 4.69) is 60.9 Å². The molecule has 21 heavy (non-hydrogen) atoms. The first-order chi connectivity index (χ1) is 10.4. The molecule has 4 rings (SSSR count). The Morgan fingerprint density at radius 1 is 1.05 bits per heavy atom. The minimum absolute atomic E-state index is 0.527. The van der Waals surface area contributed by atoms with Gasteiger partial charge in [-0.25, -0.2) is 0 Å². The SMILES string of the molecule is CNC1c2ccccc2CC1CC1CSc2ccccc21. The van der Waals surface area contributed by atoms with Crippen LogP contribution in [-0.2, 0) is 6.42 Å². The fourth-order valence-electron chi connectivity index (χ4n) is 4.08. The van der Waals surface area contributed by atoms with Crippen molar-refractivity contribution in [2.24, 2.45) is 5.92 Å². The summed E-state index contributed by atoms with van der Waals surface area (Å²) in [5, 5.41) is 3.56. The summed E-state index contributed by atoms with van der Waals surface area (Å²) in [5.74, 6) is 2.70. The Morgan fingerprint density at radius 3 is 2.67 bits per heavy atom. The van der Waals surface area contributed by atoms with Crippen molar-refractivity contribution in [2.75, 3.05) is 12.8 Å². The minimum atomic E-state index is 0.527. The summed E-state index contributed by atoms with van der Waals surface area (Å²) in [6.07, 6.45) is 2.52. The summed E-state index contributed by atoms with van der Waals surface area (Å²) in [7, 11) is 2.11. The van der Waals surface area contributed by atoms with Gasteiger partial charge in [-0.15, -0.1) is 11.8 Å². The zero-order valence-electron chi connectivity index (χ0n) is 12.4. The van der Waals surface area contributed by atoms with E-state index in [4.69, 9.17) is 0 Å². The highest BCUT2D eigenvalue weighted by Gasteiger charge is 2.34. The molecule has 0 fully saturated rings. The molecule has 1 nitrogen and oxygen atoms in total. The van der Waals surface area contributed by atoms with Crippen LogP contribution in [0.3, 0.4) is 0 Å². The maximum atomic E-state index is 3.56. The lowest BCUT2D eigenvalue weighted by Gasteiger charge is -2.23. The largest absolute Gasteiger partial charge is 0.313 e. The molecule has 2 aromatic carbocycles. The van der Waals surface area contributed by atoms with Crippen molar-refractivity contribution in [1.82, 2.24) is 5.32 Å². The van der Waals surface area contributed by atoms with Gasteiger partial charge in [-0.1, -0.05) is 42.5 Å². The number of hydrogen-bond donors (Lipinski definition) is 1. The van der Waals surface area contributed by atoms with E-state index in [1.165, 1.54) is 29.1 Å². The molecule has 0 saturated carbocycles. The van der Waals surface area contributed by atoms with Crippen LogP contribution in [0.4, 0.5) is 0 Å². The van der Waals surface area contributed by atoms with Gasteiger partial charge in [-0.3, -0.25) is 0 Å². The third-order valence-electron chi connectivity index (χ3n) is 5.04. The molecule has 2 heteroatoms. The van der Waals surface area contributed by atoms with Crippen LogP contribution in [-0.4, -0.2) is 12.8 Å². The van der Waals surface area contributed by atoms with Crippen molar-refractivity contribution in [3.05, 3.63) is 65.2 Å². The van der Waals surface area contributed by atoms with Crippen molar-refractivity contribution < 1.29 is 0 Å². The van der Waals surface area contributed by atoms with Crippen molar-refractivity contribution in [3.63, 3.8) is 0 Å². The van der Waals surface area contributed by atoms with Crippen LogP contribution < -0.4 is 5.32 Å². The van der Waals surface area contributed by atoms with E-state index in [0.29, 0.717) is 6.04 Å². The molecule has 0 amide bonds. The van der Waals surface area contributed by atoms with Gasteiger partial charge in [0.2, 0.25) is 0 Å². The van der Waals surface area contributed by atoms with Gasteiger partial charge in [-0.2, -0.15) is 0 Å². The molecule has 2 aromatic rings. The lowest BCUT2D eigenvalue weighted by atomic mass is 9.86. The molecule has 0 spiro atoms. The molecular formula is C19H21NS. The number of fused-ring (bicyclic) bond motifs is 2. The molecule has 2 aliphatic rings. The first-order valence-electron chi connectivity index (χ1n) is 7.83. The normalized spacial score (nSPS) is 26.6. The highest BCUT2D eigenvalue weighted by atomic mass is 32.2. The van der Waals surface area contributed by atoms with Crippen molar-refractivity contribution in [1.29, 1.82) is 0 Å². The summed E-state index contributed by atoms with van der Waals surface area (Å²) in [6.45, 7) is 0. The first-order valence-corrected chi connectivity index (χ1v) is 8.82. The van der Waals surface area contributed by atoms with E-state index in [0.717, 1.165) is 11.8 Å². The highest BCUT2D eigenvalue weighted by molar-refractivity contribution is 7.99. The van der Waals surface area contributed by atoms with E-state index in [1.54, 1.807) is 11.1 Å². The van der Waals surface area contributed by atoms with E-state index in [1.807, 2.05) is 11.8 Å². The van der Waals surface area contributed by atoms with Gasteiger partial charge >= 0.3 is 0 Å². The van der Waals surface area contributed by atoms with Crippen LogP contribution in [0.15, 0.2) is 53.4 Å². The number of rotatable bonds is 3. The highest BCUT2D eigenvalue weighted by Crippen LogP contribution is 2.46. The lowest BCUT2D eigenvalue weighted by molar-refractivity contribution is 0.367. The summed E-state index contributed by atoms with van der Waals surface area (Å²) in [4.78, 5) is 1.50. The number of hydrogen-bond acceptors (Lipinski definition) is 2. The quantitative estimate of drug-likeness (QED) is 0.901. The van der Waals surface area contributed by atoms with Crippen molar-refractivity contribution in [3.8, 4) is 0 Å². The Morgan fingerprint density at radius 2 is 1.81 bits per heavy atom. The fraction of sp³-hybridized carbons (Fsp3) is 0.368. The Bertz CT molecular complexity index is 652. The smallest absolute Gasteiger partial charge is 0.0352 e. The molecule has 1 aliphatic heterocycles. The summed E-state index contributed by atoms with van der Waals surface area (Å²) in [5.41, 5.74) is 4.64. The van der Waals surface area contributed by atoms with Crippen LogP contribution in [0.1, 0.15) is 35.1 Å². The predicted molar refractivity (Wildman–Crippen MR) is 90.0 cm³/mol. The van der Waals surface area contributed by atoms with Crippen LogP contribution in [0.5, 0.6) is 0 Å². The second-order valence-electron chi connectivity index (χ2n) is 6.21. The fourth-order valence-corrected chi connectivity index (χ4v) is 5.35. The minimum Gasteiger partial charge on any atom is -0.313 e. The molecule has 0 aromatic heterocycles. The zero-order valence-corrected chi connectivity index (χ0v) is 13.2. The molecule has 108 valence electrons. The number of benzene rings is 2. The third kappa shape index (κ3) is 2.31. The summed E-state index contributed by atoms with van der Waals surface area (Å²) in [6, 6.07) is 18.4. The molecule has 0 bridgehead atoms. The van der Waals surface area contributed by atoms with Crippen molar-refractivity contribution >= 4 is 11.8 Å². The van der Waals surface area contributed by atoms with E-state index < -0.39 is 0 Å². The average Bonchev–Trinajstić information content (AvgIpc) is 3.09. The maximum absolute atomic E-state index is 3.56. The molecule has 1 heterocycles. The van der Waals surface area contributed by atoms with Gasteiger partial charge in [0.1, 0.15) is 0 Å². The van der Waals surface area contributed by atoms with Crippen LogP contribution in [0.2, 0.25) is 0 Å². The van der Waals surface area contributed by atoms with E-state index in [9.17, 15) is 0 Å². The molecule has 1 aliphatic carbocycles. The number of nitrogens with one attached hydrogen (secondary N) is 1. The molecular weight excluding hydrogens is 274 g/mol. The molecule has 0 saturated heterocycles.